The molecule has 1 aromatic rings. The van der Waals surface area contributed by atoms with Crippen LogP contribution in [-0.2, 0) is 28.4 Å². The number of nitrogens with two attached hydrogens (primary N) is 1. The largest absolute Gasteiger partial charge is 0.491 e. The average Bonchev–Trinajstić information content (AvgIpc) is 2.73. The number of nitrogen functional groups attached to an aromatic ring is 1. The first-order chi connectivity index (χ1) is 14.3. The monoisotopic (exact) mass is 411 g/mol. The Bertz CT molecular complexity index is 519. The molecule has 8 heteroatoms. The SMILES string of the molecule is C#CCOCCOCCOCCOCCOCCOCCOc1ccc(N)cc1. The van der Waals surface area contributed by atoms with Gasteiger partial charge in [-0.15, -0.1) is 6.42 Å². The Morgan fingerprint density at radius 2 is 0.966 bits per heavy atom. The Labute approximate surface area is 173 Å². The first kappa shape index (κ1) is 25.2. The van der Waals surface area contributed by atoms with Crippen LogP contribution in [-0.4, -0.2) is 85.9 Å². The fourth-order valence-corrected chi connectivity index (χ4v) is 2.01. The zero-order valence-corrected chi connectivity index (χ0v) is 17.0. The number of ether oxygens (including phenoxy) is 7. The van der Waals surface area contributed by atoms with Gasteiger partial charge >= 0.3 is 0 Å². The average molecular weight is 411 g/mol. The van der Waals surface area contributed by atoms with Crippen LogP contribution >= 0.6 is 0 Å². The number of hydrogen-bond acceptors (Lipinski definition) is 8. The molecule has 0 aliphatic heterocycles. The third-order valence-corrected chi connectivity index (χ3v) is 3.42. The molecule has 0 bridgehead atoms. The summed E-state index contributed by atoms with van der Waals surface area (Å²) in [5.74, 6) is 3.17. The van der Waals surface area contributed by atoms with Crippen LogP contribution in [0.3, 0.4) is 0 Å². The number of terminal acetylenes is 1. The van der Waals surface area contributed by atoms with Crippen LogP contribution in [0, 0.1) is 12.3 Å². The molecule has 0 aliphatic carbocycles. The van der Waals surface area contributed by atoms with E-state index in [9.17, 15) is 0 Å². The van der Waals surface area contributed by atoms with E-state index in [4.69, 9.17) is 45.3 Å². The molecule has 0 radical (unpaired) electrons. The zero-order valence-electron chi connectivity index (χ0n) is 17.0. The minimum Gasteiger partial charge on any atom is -0.491 e. The maximum atomic E-state index is 5.61. The van der Waals surface area contributed by atoms with E-state index in [1.807, 2.05) is 12.1 Å². The Morgan fingerprint density at radius 3 is 1.38 bits per heavy atom. The van der Waals surface area contributed by atoms with Gasteiger partial charge in [-0.05, 0) is 24.3 Å². The fraction of sp³-hybridized carbons (Fsp3) is 0.619. The second kappa shape index (κ2) is 19.5. The highest BCUT2D eigenvalue weighted by Crippen LogP contribution is 2.12. The molecule has 0 saturated heterocycles. The van der Waals surface area contributed by atoms with E-state index < -0.39 is 0 Å². The lowest BCUT2D eigenvalue weighted by atomic mass is 10.3. The van der Waals surface area contributed by atoms with Gasteiger partial charge in [0.25, 0.3) is 0 Å². The molecule has 1 rings (SSSR count). The lowest BCUT2D eigenvalue weighted by Crippen LogP contribution is -2.14. The van der Waals surface area contributed by atoms with Crippen molar-refractivity contribution in [3.8, 4) is 18.1 Å². The summed E-state index contributed by atoms with van der Waals surface area (Å²) in [4.78, 5) is 0. The molecule has 0 aromatic heterocycles. The smallest absolute Gasteiger partial charge is 0.119 e. The minimum absolute atomic E-state index is 0.314. The van der Waals surface area contributed by atoms with Gasteiger partial charge in [0.2, 0.25) is 0 Å². The van der Waals surface area contributed by atoms with Crippen molar-refractivity contribution < 1.29 is 33.2 Å². The lowest BCUT2D eigenvalue weighted by Gasteiger charge is -2.09. The zero-order chi connectivity index (χ0) is 20.8. The predicted octanol–water partition coefficient (Wildman–Crippen LogP) is 1.38. The fourth-order valence-electron chi connectivity index (χ4n) is 2.01. The van der Waals surface area contributed by atoms with Gasteiger partial charge in [-0.3, -0.25) is 0 Å². The molecule has 0 amide bonds. The first-order valence-corrected chi connectivity index (χ1v) is 9.71. The van der Waals surface area contributed by atoms with Crippen molar-refractivity contribution in [2.75, 3.05) is 91.6 Å². The molecule has 0 aliphatic rings. The van der Waals surface area contributed by atoms with Crippen LogP contribution in [0.25, 0.3) is 0 Å². The van der Waals surface area contributed by atoms with Gasteiger partial charge in [0, 0.05) is 5.69 Å². The second-order valence-electron chi connectivity index (χ2n) is 5.74. The molecule has 0 fully saturated rings. The third kappa shape index (κ3) is 16.8. The summed E-state index contributed by atoms with van der Waals surface area (Å²) >= 11 is 0. The van der Waals surface area contributed by atoms with Crippen LogP contribution in [0.1, 0.15) is 0 Å². The van der Waals surface area contributed by atoms with Gasteiger partial charge < -0.3 is 38.9 Å². The van der Waals surface area contributed by atoms with Crippen molar-refractivity contribution >= 4 is 5.69 Å². The van der Waals surface area contributed by atoms with Gasteiger partial charge in [-0.25, -0.2) is 0 Å². The molecule has 2 N–H and O–H groups in total. The van der Waals surface area contributed by atoms with E-state index in [-0.39, 0.29) is 0 Å². The van der Waals surface area contributed by atoms with Crippen molar-refractivity contribution in [1.29, 1.82) is 0 Å². The quantitative estimate of drug-likeness (QED) is 0.196. The topological polar surface area (TPSA) is 90.6 Å². The Morgan fingerprint density at radius 1 is 0.586 bits per heavy atom. The first-order valence-electron chi connectivity index (χ1n) is 9.71. The summed E-state index contributed by atoms with van der Waals surface area (Å²) < 4.78 is 37.6. The molecular weight excluding hydrogens is 378 g/mol. The molecular formula is C21H33NO7. The molecule has 164 valence electrons. The Kier molecular flexibility index (Phi) is 16.9. The van der Waals surface area contributed by atoms with E-state index in [1.165, 1.54) is 0 Å². The summed E-state index contributed by atoms with van der Waals surface area (Å²) in [7, 11) is 0. The van der Waals surface area contributed by atoms with Crippen molar-refractivity contribution in [2.45, 2.75) is 0 Å². The summed E-state index contributed by atoms with van der Waals surface area (Å²) in [6.07, 6.45) is 5.06. The summed E-state index contributed by atoms with van der Waals surface area (Å²) in [6, 6.07) is 7.26. The van der Waals surface area contributed by atoms with E-state index in [2.05, 4.69) is 5.92 Å². The third-order valence-electron chi connectivity index (χ3n) is 3.42. The molecule has 0 saturated carbocycles. The van der Waals surface area contributed by atoms with E-state index in [0.29, 0.717) is 91.6 Å². The van der Waals surface area contributed by atoms with E-state index in [0.717, 1.165) is 5.75 Å². The van der Waals surface area contributed by atoms with Gasteiger partial charge in [-0.1, -0.05) is 5.92 Å². The maximum absolute atomic E-state index is 5.61. The molecule has 0 atom stereocenters. The standard InChI is InChI=1S/C21H33NO7/c1-2-7-23-8-9-24-10-11-25-12-13-26-14-15-27-16-17-28-18-19-29-21-5-3-20(22)4-6-21/h1,3-6H,7-19,22H2. The van der Waals surface area contributed by atoms with Gasteiger partial charge in [0.1, 0.15) is 19.0 Å². The summed E-state index contributed by atoms with van der Waals surface area (Å²) in [5.41, 5.74) is 6.33. The highest BCUT2D eigenvalue weighted by Gasteiger charge is 1.95. The summed E-state index contributed by atoms with van der Waals surface area (Å²) in [6.45, 7) is 6.47. The van der Waals surface area contributed by atoms with Crippen LogP contribution in [0.4, 0.5) is 5.69 Å². The number of benzene rings is 1. The Balaban J connectivity index is 1.70. The van der Waals surface area contributed by atoms with Crippen LogP contribution < -0.4 is 10.5 Å². The van der Waals surface area contributed by atoms with Crippen molar-refractivity contribution in [3.63, 3.8) is 0 Å². The number of rotatable bonds is 20. The summed E-state index contributed by atoms with van der Waals surface area (Å²) in [5, 5.41) is 0. The molecule has 29 heavy (non-hydrogen) atoms. The molecule has 8 nitrogen and oxygen atoms in total. The normalized spacial score (nSPS) is 10.7. The molecule has 0 unspecified atom stereocenters. The maximum Gasteiger partial charge on any atom is 0.119 e. The number of hydrogen-bond donors (Lipinski definition) is 1. The van der Waals surface area contributed by atoms with Crippen molar-refractivity contribution in [2.24, 2.45) is 0 Å². The highest BCUT2D eigenvalue weighted by atomic mass is 16.6. The molecule has 0 spiro atoms. The van der Waals surface area contributed by atoms with Crippen LogP contribution in [0.15, 0.2) is 24.3 Å². The van der Waals surface area contributed by atoms with Crippen molar-refractivity contribution in [1.82, 2.24) is 0 Å². The van der Waals surface area contributed by atoms with E-state index in [1.54, 1.807) is 12.1 Å². The molecule has 1 aromatic carbocycles. The Hall–Kier alpha value is -1.86. The lowest BCUT2D eigenvalue weighted by molar-refractivity contribution is -0.0167. The number of anilines is 1. The molecule has 0 heterocycles. The van der Waals surface area contributed by atoms with Gasteiger partial charge in [-0.2, -0.15) is 0 Å². The highest BCUT2D eigenvalue weighted by molar-refractivity contribution is 5.41. The van der Waals surface area contributed by atoms with Crippen molar-refractivity contribution in [3.05, 3.63) is 24.3 Å². The van der Waals surface area contributed by atoms with E-state index >= 15 is 0 Å². The van der Waals surface area contributed by atoms with Crippen LogP contribution in [0.5, 0.6) is 5.75 Å². The van der Waals surface area contributed by atoms with Gasteiger partial charge in [0.05, 0.1) is 72.7 Å². The predicted molar refractivity (Wildman–Crippen MR) is 110 cm³/mol. The second-order valence-corrected chi connectivity index (χ2v) is 5.74. The van der Waals surface area contributed by atoms with Gasteiger partial charge in [0.15, 0.2) is 0 Å². The minimum atomic E-state index is 0.314. The van der Waals surface area contributed by atoms with Crippen LogP contribution in [0.2, 0.25) is 0 Å².